The van der Waals surface area contributed by atoms with Gasteiger partial charge in [0.25, 0.3) is 5.91 Å². The Hall–Kier alpha value is -2.97. The number of hydrogen-bond acceptors (Lipinski definition) is 7. The summed E-state index contributed by atoms with van der Waals surface area (Å²) >= 11 is 1.71. The first-order valence-corrected chi connectivity index (χ1v) is 10.9. The van der Waals surface area contributed by atoms with Gasteiger partial charge in [-0.25, -0.2) is 9.97 Å². The first-order valence-electron chi connectivity index (χ1n) is 10.0. The van der Waals surface area contributed by atoms with Crippen molar-refractivity contribution in [2.45, 2.75) is 18.9 Å². The highest BCUT2D eigenvalue weighted by atomic mass is 32.1. The topological polar surface area (TPSA) is 88.2 Å². The molecule has 1 amide bonds. The van der Waals surface area contributed by atoms with Crippen molar-refractivity contribution in [2.24, 2.45) is 0 Å². The molecule has 0 radical (unpaired) electrons. The zero-order valence-corrected chi connectivity index (χ0v) is 17.7. The molecular formula is C22H25N5O2S. The van der Waals surface area contributed by atoms with E-state index in [0.717, 1.165) is 24.3 Å². The van der Waals surface area contributed by atoms with Crippen LogP contribution >= 0.6 is 11.3 Å². The van der Waals surface area contributed by atoms with E-state index < -0.39 is 0 Å². The number of carbonyl (C=O) groups excluding carboxylic acids is 1. The first-order chi connectivity index (χ1) is 14.7. The lowest BCUT2D eigenvalue weighted by Crippen LogP contribution is -2.24. The first kappa shape index (κ1) is 20.3. The Labute approximate surface area is 179 Å². The lowest BCUT2D eigenvalue weighted by molar-refractivity contribution is 0.0957. The maximum Gasteiger partial charge on any atom is 0.256 e. The summed E-state index contributed by atoms with van der Waals surface area (Å²) in [5.41, 5.74) is 1.57. The number of anilines is 1. The molecule has 1 aliphatic heterocycles. The van der Waals surface area contributed by atoms with E-state index in [1.165, 1.54) is 4.88 Å². The largest absolute Gasteiger partial charge is 0.485 e. The molecule has 2 aromatic heterocycles. The van der Waals surface area contributed by atoms with Gasteiger partial charge in [0.1, 0.15) is 29.1 Å². The molecule has 1 atom stereocenters. The smallest absolute Gasteiger partial charge is 0.256 e. The molecule has 30 heavy (non-hydrogen) atoms. The SMILES string of the molecule is CNCCC(Oc1ccc(Cc2ncc3c(n2)NCCNC3=O)cc1)c1cccs1. The Morgan fingerprint density at radius 1 is 1.20 bits per heavy atom. The third-order valence-electron chi connectivity index (χ3n) is 4.87. The lowest BCUT2D eigenvalue weighted by Gasteiger charge is -2.18. The van der Waals surface area contributed by atoms with Gasteiger partial charge in [-0.1, -0.05) is 18.2 Å². The Morgan fingerprint density at radius 3 is 2.80 bits per heavy atom. The van der Waals surface area contributed by atoms with Crippen LogP contribution in [0.4, 0.5) is 5.82 Å². The third-order valence-corrected chi connectivity index (χ3v) is 5.83. The number of carbonyl (C=O) groups is 1. The maximum atomic E-state index is 12.0. The van der Waals surface area contributed by atoms with Crippen molar-refractivity contribution in [1.29, 1.82) is 0 Å². The van der Waals surface area contributed by atoms with Gasteiger partial charge >= 0.3 is 0 Å². The van der Waals surface area contributed by atoms with Gasteiger partial charge in [-0.3, -0.25) is 4.79 Å². The number of ether oxygens (including phenoxy) is 1. The molecule has 1 unspecified atom stereocenters. The van der Waals surface area contributed by atoms with Crippen LogP contribution in [-0.2, 0) is 6.42 Å². The average molecular weight is 424 g/mol. The van der Waals surface area contributed by atoms with Crippen LogP contribution < -0.4 is 20.7 Å². The van der Waals surface area contributed by atoms with Gasteiger partial charge in [0.2, 0.25) is 0 Å². The fourth-order valence-electron chi connectivity index (χ4n) is 3.30. The van der Waals surface area contributed by atoms with Crippen LogP contribution in [0.5, 0.6) is 5.75 Å². The number of nitrogens with one attached hydrogen (secondary N) is 3. The average Bonchev–Trinajstić information content (AvgIpc) is 3.24. The normalized spacial score (nSPS) is 14.2. The zero-order chi connectivity index (χ0) is 20.8. The van der Waals surface area contributed by atoms with E-state index in [0.29, 0.717) is 36.7 Å². The van der Waals surface area contributed by atoms with Crippen molar-refractivity contribution in [2.75, 3.05) is 32.0 Å². The van der Waals surface area contributed by atoms with Gasteiger partial charge in [-0.15, -0.1) is 11.3 Å². The molecule has 0 saturated heterocycles. The molecular weight excluding hydrogens is 398 g/mol. The molecule has 8 heteroatoms. The molecule has 1 aromatic carbocycles. The standard InChI is InChI=1S/C22H25N5O2S/c1-23-9-8-18(19-3-2-12-30-19)29-16-6-4-15(5-7-16)13-20-26-14-17-21(27-20)24-10-11-25-22(17)28/h2-7,12,14,18,23H,8-11,13H2,1H3,(H,25,28)(H,24,26,27). The number of hydrogen-bond donors (Lipinski definition) is 3. The highest BCUT2D eigenvalue weighted by molar-refractivity contribution is 7.10. The predicted octanol–water partition coefficient (Wildman–Crippen LogP) is 3.01. The molecule has 156 valence electrons. The highest BCUT2D eigenvalue weighted by Crippen LogP contribution is 2.28. The van der Waals surface area contributed by atoms with Crippen molar-refractivity contribution in [3.63, 3.8) is 0 Å². The van der Waals surface area contributed by atoms with Crippen molar-refractivity contribution in [3.05, 3.63) is 69.8 Å². The summed E-state index contributed by atoms with van der Waals surface area (Å²) < 4.78 is 6.25. The molecule has 0 aliphatic carbocycles. The number of nitrogens with zero attached hydrogens (tertiary/aromatic N) is 2. The number of aromatic nitrogens is 2. The summed E-state index contributed by atoms with van der Waals surface area (Å²) in [6, 6.07) is 12.2. The quantitative estimate of drug-likeness (QED) is 0.516. The number of thiophene rings is 1. The van der Waals surface area contributed by atoms with E-state index in [1.807, 2.05) is 31.3 Å². The summed E-state index contributed by atoms with van der Waals surface area (Å²) in [4.78, 5) is 22.1. The monoisotopic (exact) mass is 423 g/mol. The Balaban J connectivity index is 1.43. The van der Waals surface area contributed by atoms with Gasteiger partial charge in [-0.05, 0) is 42.7 Å². The predicted molar refractivity (Wildman–Crippen MR) is 118 cm³/mol. The summed E-state index contributed by atoms with van der Waals surface area (Å²) in [5.74, 6) is 1.98. The summed E-state index contributed by atoms with van der Waals surface area (Å²) in [7, 11) is 1.95. The zero-order valence-electron chi connectivity index (χ0n) is 16.9. The van der Waals surface area contributed by atoms with Crippen LogP contribution in [-0.4, -0.2) is 42.6 Å². The van der Waals surface area contributed by atoms with E-state index in [9.17, 15) is 4.79 Å². The minimum atomic E-state index is -0.137. The molecule has 3 N–H and O–H groups in total. The van der Waals surface area contributed by atoms with E-state index in [-0.39, 0.29) is 12.0 Å². The highest BCUT2D eigenvalue weighted by Gasteiger charge is 2.18. The molecule has 4 rings (SSSR count). The summed E-state index contributed by atoms with van der Waals surface area (Å²) in [5, 5.41) is 11.3. The van der Waals surface area contributed by atoms with E-state index in [2.05, 4.69) is 43.4 Å². The van der Waals surface area contributed by atoms with Crippen LogP contribution in [0.25, 0.3) is 0 Å². The second kappa shape index (κ2) is 9.69. The Kier molecular flexibility index (Phi) is 6.56. The fourth-order valence-corrected chi connectivity index (χ4v) is 4.09. The van der Waals surface area contributed by atoms with Gasteiger partial charge in [0.15, 0.2) is 0 Å². The summed E-state index contributed by atoms with van der Waals surface area (Å²) in [6.45, 7) is 2.12. The molecule has 3 aromatic rings. The number of rotatable bonds is 8. The second-order valence-corrected chi connectivity index (χ2v) is 8.05. The van der Waals surface area contributed by atoms with Crippen molar-refractivity contribution >= 4 is 23.1 Å². The lowest BCUT2D eigenvalue weighted by atomic mass is 10.1. The van der Waals surface area contributed by atoms with Gasteiger partial charge < -0.3 is 20.7 Å². The van der Waals surface area contributed by atoms with E-state index in [4.69, 9.17) is 4.74 Å². The minimum absolute atomic E-state index is 0.0356. The van der Waals surface area contributed by atoms with Crippen LogP contribution in [0.15, 0.2) is 48.0 Å². The third kappa shape index (κ3) is 4.95. The van der Waals surface area contributed by atoms with Crippen molar-refractivity contribution in [3.8, 4) is 5.75 Å². The van der Waals surface area contributed by atoms with Crippen molar-refractivity contribution in [1.82, 2.24) is 20.6 Å². The Bertz CT molecular complexity index is 976. The molecule has 0 bridgehead atoms. The maximum absolute atomic E-state index is 12.0. The fraction of sp³-hybridized carbons (Fsp3) is 0.318. The van der Waals surface area contributed by atoms with Gasteiger partial charge in [0, 0.05) is 37.0 Å². The molecule has 7 nitrogen and oxygen atoms in total. The number of fused-ring (bicyclic) bond motifs is 1. The van der Waals surface area contributed by atoms with Gasteiger partial charge in [-0.2, -0.15) is 0 Å². The van der Waals surface area contributed by atoms with Gasteiger partial charge in [0.05, 0.1) is 0 Å². The van der Waals surface area contributed by atoms with Crippen LogP contribution in [0.3, 0.4) is 0 Å². The molecule has 0 saturated carbocycles. The van der Waals surface area contributed by atoms with Crippen LogP contribution in [0.2, 0.25) is 0 Å². The van der Waals surface area contributed by atoms with E-state index >= 15 is 0 Å². The second-order valence-electron chi connectivity index (χ2n) is 7.07. The number of amides is 1. The van der Waals surface area contributed by atoms with Crippen molar-refractivity contribution < 1.29 is 9.53 Å². The number of benzene rings is 1. The van der Waals surface area contributed by atoms with Crippen LogP contribution in [0.1, 0.15) is 39.1 Å². The molecule has 0 fully saturated rings. The minimum Gasteiger partial charge on any atom is -0.485 e. The van der Waals surface area contributed by atoms with E-state index in [1.54, 1.807) is 17.5 Å². The molecule has 1 aliphatic rings. The molecule has 0 spiro atoms. The molecule has 3 heterocycles. The van der Waals surface area contributed by atoms with Crippen LogP contribution in [0, 0.1) is 0 Å². The Morgan fingerprint density at radius 2 is 2.03 bits per heavy atom. The summed E-state index contributed by atoms with van der Waals surface area (Å²) in [6.07, 6.45) is 3.12.